The van der Waals surface area contributed by atoms with E-state index < -0.39 is 0 Å². The molecule has 4 rings (SSSR count). The molecule has 0 fully saturated rings. The summed E-state index contributed by atoms with van der Waals surface area (Å²) in [5.41, 5.74) is 5.23. The summed E-state index contributed by atoms with van der Waals surface area (Å²) in [5, 5.41) is 1.34. The lowest BCUT2D eigenvalue weighted by Crippen LogP contribution is -1.81. The van der Waals surface area contributed by atoms with Crippen molar-refractivity contribution >= 4 is 21.4 Å². The van der Waals surface area contributed by atoms with E-state index in [1.165, 1.54) is 37.2 Å². The summed E-state index contributed by atoms with van der Waals surface area (Å²) in [5.74, 6) is 0. The summed E-state index contributed by atoms with van der Waals surface area (Å²) < 4.78 is 1.34. The first-order valence-corrected chi connectivity index (χ1v) is 8.28. The summed E-state index contributed by atoms with van der Waals surface area (Å²) >= 11 is 1.88. The highest BCUT2D eigenvalue weighted by molar-refractivity contribution is 7.23. The molecule has 0 amide bonds. The average Bonchev–Trinajstić information content (AvgIpc) is 2.96. The van der Waals surface area contributed by atoms with Gasteiger partial charge in [-0.15, -0.1) is 11.3 Å². The molecule has 3 aromatic carbocycles. The van der Waals surface area contributed by atoms with Gasteiger partial charge in [0.1, 0.15) is 0 Å². The molecule has 0 aliphatic heterocycles. The minimum Gasteiger partial charge on any atom is -0.135 e. The van der Waals surface area contributed by atoms with E-state index in [0.29, 0.717) is 0 Å². The van der Waals surface area contributed by atoms with Gasteiger partial charge in [-0.3, -0.25) is 0 Å². The Labute approximate surface area is 134 Å². The highest BCUT2D eigenvalue weighted by Gasteiger charge is 2.14. The van der Waals surface area contributed by atoms with Crippen LogP contribution in [0.2, 0.25) is 0 Å². The van der Waals surface area contributed by atoms with E-state index in [0.717, 1.165) is 0 Å². The monoisotopic (exact) mass is 300 g/mol. The fourth-order valence-corrected chi connectivity index (χ4v) is 4.08. The van der Waals surface area contributed by atoms with Gasteiger partial charge in [-0.2, -0.15) is 0 Å². The molecule has 0 aliphatic carbocycles. The molecule has 1 heteroatoms. The van der Waals surface area contributed by atoms with E-state index in [1.807, 2.05) is 11.3 Å². The molecule has 0 radical (unpaired) electrons. The lowest BCUT2D eigenvalue weighted by Gasteiger charge is -2.06. The van der Waals surface area contributed by atoms with E-state index in [1.54, 1.807) is 0 Å². The van der Waals surface area contributed by atoms with Crippen molar-refractivity contribution < 1.29 is 0 Å². The Morgan fingerprint density at radius 3 is 2.09 bits per heavy atom. The lowest BCUT2D eigenvalue weighted by molar-refractivity contribution is 1.47. The van der Waals surface area contributed by atoms with Crippen molar-refractivity contribution in [2.24, 2.45) is 0 Å². The highest BCUT2D eigenvalue weighted by Crippen LogP contribution is 2.44. The lowest BCUT2D eigenvalue weighted by atomic mass is 9.98. The minimum atomic E-state index is 1.29. The van der Waals surface area contributed by atoms with E-state index in [4.69, 9.17) is 0 Å². The zero-order valence-electron chi connectivity index (χ0n) is 12.4. The third-order valence-corrected chi connectivity index (χ3v) is 5.19. The van der Waals surface area contributed by atoms with Gasteiger partial charge in [0.25, 0.3) is 0 Å². The second kappa shape index (κ2) is 5.43. The van der Waals surface area contributed by atoms with Gasteiger partial charge in [0.2, 0.25) is 0 Å². The summed E-state index contributed by atoms with van der Waals surface area (Å²) in [6.07, 6.45) is 0. The fourth-order valence-electron chi connectivity index (χ4n) is 2.85. The van der Waals surface area contributed by atoms with Gasteiger partial charge in [0, 0.05) is 20.5 Å². The Balaban J connectivity index is 2.04. The normalized spacial score (nSPS) is 11.0. The van der Waals surface area contributed by atoms with Gasteiger partial charge in [0.15, 0.2) is 0 Å². The van der Waals surface area contributed by atoms with Gasteiger partial charge in [-0.05, 0) is 24.1 Å². The van der Waals surface area contributed by atoms with E-state index in [2.05, 4.69) is 85.8 Å². The number of hydrogen-bond acceptors (Lipinski definition) is 1. The second-order valence-corrected chi connectivity index (χ2v) is 6.59. The van der Waals surface area contributed by atoms with Crippen LogP contribution in [0.25, 0.3) is 31.7 Å². The molecule has 0 saturated heterocycles. The number of thiophene rings is 1. The Bertz CT molecular complexity index is 915. The molecule has 22 heavy (non-hydrogen) atoms. The van der Waals surface area contributed by atoms with Gasteiger partial charge in [0.05, 0.1) is 0 Å². The summed E-state index contributed by atoms with van der Waals surface area (Å²) in [6.45, 7) is 2.13. The van der Waals surface area contributed by atoms with Crippen LogP contribution in [0.5, 0.6) is 0 Å². The molecule has 1 aromatic heterocycles. The summed E-state index contributed by atoms with van der Waals surface area (Å²) in [7, 11) is 0. The molecular formula is C21H16S. The number of benzene rings is 3. The van der Waals surface area contributed by atoms with Gasteiger partial charge in [-0.25, -0.2) is 0 Å². The van der Waals surface area contributed by atoms with E-state index >= 15 is 0 Å². The van der Waals surface area contributed by atoms with Crippen LogP contribution < -0.4 is 0 Å². The van der Waals surface area contributed by atoms with Crippen LogP contribution in [0.3, 0.4) is 0 Å². The van der Waals surface area contributed by atoms with Crippen molar-refractivity contribution in [3.05, 3.63) is 84.4 Å². The Morgan fingerprint density at radius 1 is 0.636 bits per heavy atom. The van der Waals surface area contributed by atoms with Crippen LogP contribution in [-0.2, 0) is 0 Å². The maximum absolute atomic E-state index is 2.23. The standard InChI is InChI=1S/C21H16S/c1-15-11-13-16(14-12-15)20-18-9-5-6-10-19(18)22-21(20)17-7-3-2-4-8-17/h2-14H,1H3. The highest BCUT2D eigenvalue weighted by atomic mass is 32.1. The third-order valence-electron chi connectivity index (χ3n) is 3.97. The Kier molecular flexibility index (Phi) is 3.28. The predicted molar refractivity (Wildman–Crippen MR) is 97.4 cm³/mol. The van der Waals surface area contributed by atoms with Crippen molar-refractivity contribution in [3.8, 4) is 21.6 Å². The smallest absolute Gasteiger partial charge is 0.0433 e. The quantitative estimate of drug-likeness (QED) is 0.394. The topological polar surface area (TPSA) is 0 Å². The first-order chi connectivity index (χ1) is 10.8. The molecule has 0 N–H and O–H groups in total. The second-order valence-electron chi connectivity index (χ2n) is 5.53. The maximum Gasteiger partial charge on any atom is 0.0433 e. The zero-order chi connectivity index (χ0) is 14.9. The molecule has 0 aliphatic rings. The molecular weight excluding hydrogens is 284 g/mol. The maximum atomic E-state index is 2.23. The largest absolute Gasteiger partial charge is 0.135 e. The zero-order valence-corrected chi connectivity index (χ0v) is 13.2. The fraction of sp³-hybridized carbons (Fsp3) is 0.0476. The first-order valence-electron chi connectivity index (χ1n) is 7.47. The number of aryl methyl sites for hydroxylation is 1. The van der Waals surface area contributed by atoms with Crippen molar-refractivity contribution in [1.29, 1.82) is 0 Å². The van der Waals surface area contributed by atoms with Crippen LogP contribution in [-0.4, -0.2) is 0 Å². The van der Waals surface area contributed by atoms with Crippen molar-refractivity contribution in [2.45, 2.75) is 6.92 Å². The molecule has 0 atom stereocenters. The SMILES string of the molecule is Cc1ccc(-c2c(-c3ccccc3)sc3ccccc23)cc1. The third kappa shape index (κ3) is 2.24. The molecule has 106 valence electrons. The summed E-state index contributed by atoms with van der Waals surface area (Å²) in [6, 6.07) is 28.2. The van der Waals surface area contributed by atoms with Crippen LogP contribution in [0.15, 0.2) is 78.9 Å². The molecule has 0 unspecified atom stereocenters. The van der Waals surface area contributed by atoms with Gasteiger partial charge >= 0.3 is 0 Å². The molecule has 1 heterocycles. The van der Waals surface area contributed by atoms with Crippen LogP contribution in [0.4, 0.5) is 0 Å². The minimum absolute atomic E-state index is 1.29. The van der Waals surface area contributed by atoms with Crippen molar-refractivity contribution in [1.82, 2.24) is 0 Å². The predicted octanol–water partition coefficient (Wildman–Crippen LogP) is 6.54. The van der Waals surface area contributed by atoms with E-state index in [9.17, 15) is 0 Å². The molecule has 4 aromatic rings. The molecule has 0 bridgehead atoms. The molecule has 0 nitrogen and oxygen atoms in total. The Morgan fingerprint density at radius 2 is 1.32 bits per heavy atom. The molecule has 0 saturated carbocycles. The van der Waals surface area contributed by atoms with Crippen molar-refractivity contribution in [3.63, 3.8) is 0 Å². The van der Waals surface area contributed by atoms with Crippen LogP contribution in [0, 0.1) is 6.92 Å². The molecule has 0 spiro atoms. The van der Waals surface area contributed by atoms with Crippen LogP contribution in [0.1, 0.15) is 5.56 Å². The van der Waals surface area contributed by atoms with Gasteiger partial charge < -0.3 is 0 Å². The van der Waals surface area contributed by atoms with Crippen LogP contribution >= 0.6 is 11.3 Å². The number of fused-ring (bicyclic) bond motifs is 1. The first kappa shape index (κ1) is 13.3. The van der Waals surface area contributed by atoms with Gasteiger partial charge in [-0.1, -0.05) is 78.4 Å². The van der Waals surface area contributed by atoms with E-state index in [-0.39, 0.29) is 0 Å². The summed E-state index contributed by atoms with van der Waals surface area (Å²) in [4.78, 5) is 1.35. The number of hydrogen-bond donors (Lipinski definition) is 0. The van der Waals surface area contributed by atoms with Crippen molar-refractivity contribution in [2.75, 3.05) is 0 Å². The average molecular weight is 300 g/mol. The Hall–Kier alpha value is -2.38. The number of rotatable bonds is 2.